The molecule has 4 aromatic rings. The lowest BCUT2D eigenvalue weighted by Gasteiger charge is -2.27. The van der Waals surface area contributed by atoms with Gasteiger partial charge >= 0.3 is 5.97 Å². The first-order chi connectivity index (χ1) is 17.5. The number of hydrogen-bond donors (Lipinski definition) is 2. The standard InChI is InChI=1S/C26H25F2N3O5/c1-34-19-10-16(2-3-17(19)27)31-18-8-14-11-29-30-24(14)23(28)22(18)21(15-9-20(26(32)33)36-12-15)25(31)13-4-6-35-7-5-13/h2-3,8,10-11,13,15,20H,4-7,9,12H2,1H3,(H,29,30)(H,32,33)/t15-,20+/m1/s1. The Morgan fingerprint density at radius 3 is 2.75 bits per heavy atom. The Morgan fingerprint density at radius 1 is 1.22 bits per heavy atom. The Balaban J connectivity index is 1.70. The quantitative estimate of drug-likeness (QED) is 0.417. The molecule has 10 heteroatoms. The fraction of sp³-hybridized carbons (Fsp3) is 0.385. The maximum Gasteiger partial charge on any atom is 0.332 e. The number of fused-ring (bicyclic) bond motifs is 2. The van der Waals surface area contributed by atoms with Crippen molar-refractivity contribution in [3.05, 3.63) is 53.4 Å². The number of nitrogens with zero attached hydrogens (tertiary/aromatic N) is 2. The zero-order valence-electron chi connectivity index (χ0n) is 19.6. The number of benzene rings is 2. The smallest absolute Gasteiger partial charge is 0.332 e. The van der Waals surface area contributed by atoms with Gasteiger partial charge < -0.3 is 23.9 Å². The number of halogens is 2. The average Bonchev–Trinajstić information content (AvgIpc) is 3.62. The second kappa shape index (κ2) is 8.86. The molecule has 2 atom stereocenters. The number of rotatable bonds is 5. The summed E-state index contributed by atoms with van der Waals surface area (Å²) >= 11 is 0. The number of nitrogens with one attached hydrogen (secondary N) is 1. The molecule has 2 aromatic heterocycles. The summed E-state index contributed by atoms with van der Waals surface area (Å²) in [6, 6.07) is 6.44. The molecule has 2 N–H and O–H groups in total. The van der Waals surface area contributed by atoms with E-state index in [9.17, 15) is 14.3 Å². The van der Waals surface area contributed by atoms with Crippen LogP contribution < -0.4 is 4.74 Å². The van der Waals surface area contributed by atoms with Crippen LogP contribution in [0.15, 0.2) is 30.5 Å². The molecule has 6 rings (SSSR count). The summed E-state index contributed by atoms with van der Waals surface area (Å²) < 4.78 is 49.0. The molecule has 0 radical (unpaired) electrons. The largest absolute Gasteiger partial charge is 0.494 e. The van der Waals surface area contributed by atoms with Gasteiger partial charge in [-0.15, -0.1) is 0 Å². The van der Waals surface area contributed by atoms with Crippen molar-refractivity contribution >= 4 is 27.8 Å². The molecule has 4 heterocycles. The second-order valence-corrected chi connectivity index (χ2v) is 9.35. The van der Waals surface area contributed by atoms with E-state index in [0.717, 1.165) is 24.1 Å². The second-order valence-electron chi connectivity index (χ2n) is 9.35. The van der Waals surface area contributed by atoms with Gasteiger partial charge in [-0.1, -0.05) is 0 Å². The van der Waals surface area contributed by atoms with Crippen LogP contribution in [0, 0.1) is 11.6 Å². The maximum atomic E-state index is 16.2. The van der Waals surface area contributed by atoms with Gasteiger partial charge in [0.15, 0.2) is 23.5 Å². The first-order valence-corrected chi connectivity index (χ1v) is 11.9. The zero-order valence-corrected chi connectivity index (χ0v) is 19.6. The Labute approximate surface area is 204 Å². The molecule has 8 nitrogen and oxygen atoms in total. The van der Waals surface area contributed by atoms with E-state index in [1.54, 1.807) is 18.3 Å². The van der Waals surface area contributed by atoms with E-state index in [2.05, 4.69) is 10.2 Å². The fourth-order valence-corrected chi connectivity index (χ4v) is 5.70. The van der Waals surface area contributed by atoms with Crippen LogP contribution in [0.3, 0.4) is 0 Å². The molecule has 0 aliphatic carbocycles. The van der Waals surface area contributed by atoms with Gasteiger partial charge in [0, 0.05) is 53.3 Å². The van der Waals surface area contributed by atoms with E-state index in [4.69, 9.17) is 14.2 Å². The van der Waals surface area contributed by atoms with E-state index in [-0.39, 0.29) is 36.1 Å². The lowest BCUT2D eigenvalue weighted by atomic mass is 9.86. The molecule has 0 spiro atoms. The summed E-state index contributed by atoms with van der Waals surface area (Å²) in [4.78, 5) is 11.7. The fourth-order valence-electron chi connectivity index (χ4n) is 5.70. The summed E-state index contributed by atoms with van der Waals surface area (Å²) in [7, 11) is 1.40. The van der Waals surface area contributed by atoms with E-state index in [1.165, 1.54) is 13.2 Å². The third-order valence-corrected chi connectivity index (χ3v) is 7.36. The van der Waals surface area contributed by atoms with Crippen LogP contribution in [0.1, 0.15) is 42.4 Å². The van der Waals surface area contributed by atoms with Crippen molar-refractivity contribution < 1.29 is 32.9 Å². The summed E-state index contributed by atoms with van der Waals surface area (Å²) in [6.07, 6.45) is 2.28. The monoisotopic (exact) mass is 497 g/mol. The minimum Gasteiger partial charge on any atom is -0.494 e. The molecule has 0 unspecified atom stereocenters. The lowest BCUT2D eigenvalue weighted by molar-refractivity contribution is -0.147. The molecule has 188 valence electrons. The number of methoxy groups -OCH3 is 1. The van der Waals surface area contributed by atoms with Gasteiger partial charge in [0.1, 0.15) is 5.52 Å². The summed E-state index contributed by atoms with van der Waals surface area (Å²) in [5, 5.41) is 17.3. The van der Waals surface area contributed by atoms with Crippen molar-refractivity contribution in [2.24, 2.45) is 0 Å². The molecule has 36 heavy (non-hydrogen) atoms. The molecule has 2 aliphatic heterocycles. The normalized spacial score (nSPS) is 21.0. The van der Waals surface area contributed by atoms with Crippen LogP contribution in [0.2, 0.25) is 0 Å². The Hall–Kier alpha value is -3.50. The van der Waals surface area contributed by atoms with Crippen molar-refractivity contribution in [2.75, 3.05) is 26.9 Å². The van der Waals surface area contributed by atoms with Crippen molar-refractivity contribution in [2.45, 2.75) is 37.2 Å². The predicted molar refractivity (Wildman–Crippen MR) is 127 cm³/mol. The average molecular weight is 497 g/mol. The Kier molecular flexibility index (Phi) is 5.65. The first-order valence-electron chi connectivity index (χ1n) is 11.9. The summed E-state index contributed by atoms with van der Waals surface area (Å²) in [5.41, 5.74) is 3.12. The third kappa shape index (κ3) is 3.55. The van der Waals surface area contributed by atoms with Crippen molar-refractivity contribution in [3.8, 4) is 11.4 Å². The van der Waals surface area contributed by atoms with E-state index >= 15 is 4.39 Å². The van der Waals surface area contributed by atoms with Gasteiger partial charge in [-0.05, 0) is 43.0 Å². The number of aromatic nitrogens is 3. The van der Waals surface area contributed by atoms with Crippen LogP contribution in [0.25, 0.3) is 27.5 Å². The summed E-state index contributed by atoms with van der Waals surface area (Å²) in [6.45, 7) is 1.29. The highest BCUT2D eigenvalue weighted by atomic mass is 19.1. The van der Waals surface area contributed by atoms with Gasteiger partial charge in [0.25, 0.3) is 0 Å². The molecule has 2 saturated heterocycles. The molecule has 0 saturated carbocycles. The molecular weight excluding hydrogens is 472 g/mol. The SMILES string of the molecule is COc1cc(-n2c(C3CCOCC3)c([C@H]3CO[C@H](C(=O)O)C3)c3c(F)c4[nH]ncc4cc32)ccc1F. The number of aromatic amines is 1. The highest BCUT2D eigenvalue weighted by Gasteiger charge is 2.38. The van der Waals surface area contributed by atoms with Gasteiger partial charge in [0.05, 0.1) is 25.4 Å². The van der Waals surface area contributed by atoms with E-state index in [0.29, 0.717) is 35.2 Å². The predicted octanol–water partition coefficient (Wildman–Crippen LogP) is 4.64. The molecule has 0 amide bonds. The van der Waals surface area contributed by atoms with E-state index < -0.39 is 23.7 Å². The van der Waals surface area contributed by atoms with E-state index in [1.807, 2.05) is 10.6 Å². The third-order valence-electron chi connectivity index (χ3n) is 7.36. The van der Waals surface area contributed by atoms with Crippen LogP contribution in [-0.4, -0.2) is 58.9 Å². The number of ether oxygens (including phenoxy) is 3. The molecular formula is C26H25F2N3O5. The zero-order chi connectivity index (χ0) is 25.0. The van der Waals surface area contributed by atoms with Crippen LogP contribution >= 0.6 is 0 Å². The Morgan fingerprint density at radius 2 is 2.03 bits per heavy atom. The highest BCUT2D eigenvalue weighted by Crippen LogP contribution is 2.46. The Bertz CT molecular complexity index is 1470. The molecule has 2 fully saturated rings. The lowest BCUT2D eigenvalue weighted by Crippen LogP contribution is -2.20. The number of H-pyrrole nitrogens is 1. The van der Waals surface area contributed by atoms with Gasteiger partial charge in [-0.25, -0.2) is 13.6 Å². The van der Waals surface area contributed by atoms with Gasteiger partial charge in [-0.2, -0.15) is 5.10 Å². The number of aliphatic carboxylic acids is 1. The minimum absolute atomic E-state index is 0.0249. The van der Waals surface area contributed by atoms with Crippen LogP contribution in [0.4, 0.5) is 8.78 Å². The number of carboxylic acids is 1. The minimum atomic E-state index is -1.03. The maximum absolute atomic E-state index is 16.2. The number of carbonyl (C=O) groups is 1. The number of carboxylic acid groups (broad SMARTS) is 1. The molecule has 2 aromatic carbocycles. The van der Waals surface area contributed by atoms with Gasteiger partial charge in [-0.3, -0.25) is 5.10 Å². The van der Waals surface area contributed by atoms with Gasteiger partial charge in [0.2, 0.25) is 0 Å². The molecule has 0 bridgehead atoms. The first kappa shape index (κ1) is 22.9. The van der Waals surface area contributed by atoms with Crippen molar-refractivity contribution in [1.82, 2.24) is 14.8 Å². The van der Waals surface area contributed by atoms with Crippen LogP contribution in [0.5, 0.6) is 5.75 Å². The van der Waals surface area contributed by atoms with Crippen LogP contribution in [-0.2, 0) is 14.3 Å². The number of hydrogen-bond acceptors (Lipinski definition) is 5. The van der Waals surface area contributed by atoms with Crippen molar-refractivity contribution in [3.63, 3.8) is 0 Å². The highest BCUT2D eigenvalue weighted by molar-refractivity contribution is 6.00. The topological polar surface area (TPSA) is 98.6 Å². The van der Waals surface area contributed by atoms with Crippen molar-refractivity contribution in [1.29, 1.82) is 0 Å². The summed E-state index contributed by atoms with van der Waals surface area (Å²) in [5.74, 6) is -2.21. The molecule has 2 aliphatic rings.